The van der Waals surface area contributed by atoms with Gasteiger partial charge in [-0.25, -0.2) is 4.98 Å². The van der Waals surface area contributed by atoms with Crippen molar-refractivity contribution in [2.75, 3.05) is 19.7 Å². The molecule has 0 aromatic carbocycles. The summed E-state index contributed by atoms with van der Waals surface area (Å²) in [6.07, 6.45) is 4.87. The van der Waals surface area contributed by atoms with Gasteiger partial charge in [0.1, 0.15) is 0 Å². The Morgan fingerprint density at radius 1 is 1.27 bits per heavy atom. The van der Waals surface area contributed by atoms with Gasteiger partial charge in [-0.1, -0.05) is 0 Å². The highest BCUT2D eigenvalue weighted by atomic mass is 32.1. The molecule has 26 heavy (non-hydrogen) atoms. The maximum atomic E-state index is 10.2. The fourth-order valence-electron chi connectivity index (χ4n) is 4.98. The monoisotopic (exact) mass is 380 g/mol. The van der Waals surface area contributed by atoms with Crippen LogP contribution < -0.4 is 0 Å². The van der Waals surface area contributed by atoms with E-state index in [1.54, 1.807) is 11.3 Å². The number of rotatable bonds is 3. The van der Waals surface area contributed by atoms with Crippen LogP contribution in [0, 0.1) is 5.41 Å². The number of hydrogen-bond acceptors (Lipinski definition) is 6. The topological polar surface area (TPSA) is 54.8 Å². The average molecular weight is 381 g/mol. The van der Waals surface area contributed by atoms with Crippen LogP contribution >= 0.6 is 11.3 Å². The third-order valence-corrected chi connectivity index (χ3v) is 7.52. The van der Waals surface area contributed by atoms with Crippen molar-refractivity contribution in [3.05, 3.63) is 16.6 Å². The first-order valence-corrected chi connectivity index (χ1v) is 10.8. The Balaban J connectivity index is 1.35. The lowest BCUT2D eigenvalue weighted by atomic mass is 9.73. The van der Waals surface area contributed by atoms with Crippen molar-refractivity contribution >= 4 is 11.3 Å². The molecule has 3 atom stereocenters. The van der Waals surface area contributed by atoms with Crippen molar-refractivity contribution in [3.8, 4) is 0 Å². The van der Waals surface area contributed by atoms with Gasteiger partial charge in [0, 0.05) is 11.9 Å². The molecule has 3 aliphatic heterocycles. The van der Waals surface area contributed by atoms with Gasteiger partial charge in [0.25, 0.3) is 0 Å². The summed E-state index contributed by atoms with van der Waals surface area (Å²) in [7, 11) is 0. The van der Waals surface area contributed by atoms with Crippen LogP contribution in [0.3, 0.4) is 0 Å². The predicted octanol–water partition coefficient (Wildman–Crippen LogP) is 3.22. The second-order valence-electron chi connectivity index (χ2n) is 9.33. The van der Waals surface area contributed by atoms with Crippen LogP contribution in [0.15, 0.2) is 10.9 Å². The summed E-state index contributed by atoms with van der Waals surface area (Å²) in [5.41, 5.74) is 2.62. The number of aliphatic hydroxyl groups is 1. The van der Waals surface area contributed by atoms with Gasteiger partial charge in [-0.15, -0.1) is 11.3 Å². The number of ether oxygens (including phenoxy) is 2. The van der Waals surface area contributed by atoms with E-state index in [1.807, 2.05) is 19.4 Å². The highest BCUT2D eigenvalue weighted by Crippen LogP contribution is 2.49. The summed E-state index contributed by atoms with van der Waals surface area (Å²) < 4.78 is 12.7. The lowest BCUT2D eigenvalue weighted by Gasteiger charge is -2.48. The lowest BCUT2D eigenvalue weighted by molar-refractivity contribution is -0.245. The summed E-state index contributed by atoms with van der Waals surface area (Å²) in [5, 5.41) is 12.4. The largest absolute Gasteiger partial charge is 0.390 e. The molecule has 0 saturated carbocycles. The Morgan fingerprint density at radius 3 is 2.69 bits per heavy atom. The molecule has 4 heterocycles. The third kappa shape index (κ3) is 3.59. The van der Waals surface area contributed by atoms with Crippen LogP contribution in [-0.4, -0.2) is 58.1 Å². The molecule has 4 rings (SSSR count). The van der Waals surface area contributed by atoms with E-state index in [0.717, 1.165) is 45.5 Å². The highest BCUT2D eigenvalue weighted by Gasteiger charge is 2.53. The minimum absolute atomic E-state index is 0.138. The molecule has 0 amide bonds. The van der Waals surface area contributed by atoms with Crippen molar-refractivity contribution < 1.29 is 14.6 Å². The molecule has 6 heteroatoms. The fraction of sp³-hybridized carbons (Fsp3) is 0.850. The third-order valence-electron chi connectivity index (χ3n) is 6.89. The zero-order chi connectivity index (χ0) is 18.4. The molecule has 5 nitrogen and oxygen atoms in total. The summed E-state index contributed by atoms with van der Waals surface area (Å²) in [6.45, 7) is 10.2. The van der Waals surface area contributed by atoms with E-state index in [0.29, 0.717) is 5.41 Å². The molecule has 0 unspecified atom stereocenters. The lowest BCUT2D eigenvalue weighted by Crippen LogP contribution is -2.56. The molecule has 1 aromatic heterocycles. The van der Waals surface area contributed by atoms with Crippen molar-refractivity contribution in [2.45, 2.75) is 82.8 Å². The van der Waals surface area contributed by atoms with Crippen molar-refractivity contribution in [3.63, 3.8) is 0 Å². The number of nitrogens with zero attached hydrogens (tertiary/aromatic N) is 2. The van der Waals surface area contributed by atoms with Gasteiger partial charge in [-0.3, -0.25) is 4.90 Å². The van der Waals surface area contributed by atoms with E-state index in [9.17, 15) is 5.11 Å². The van der Waals surface area contributed by atoms with Gasteiger partial charge in [0.2, 0.25) is 0 Å². The number of aliphatic hydroxyl groups excluding tert-OH is 1. The van der Waals surface area contributed by atoms with Crippen LogP contribution in [0.25, 0.3) is 0 Å². The zero-order valence-electron chi connectivity index (χ0n) is 16.2. The van der Waals surface area contributed by atoms with E-state index in [2.05, 4.69) is 22.2 Å². The van der Waals surface area contributed by atoms with Gasteiger partial charge >= 0.3 is 0 Å². The summed E-state index contributed by atoms with van der Waals surface area (Å²) >= 11 is 1.67. The Kier molecular flexibility index (Phi) is 4.93. The zero-order valence-corrected chi connectivity index (χ0v) is 17.1. The molecule has 1 N–H and O–H groups in total. The average Bonchev–Trinajstić information content (AvgIpc) is 3.24. The van der Waals surface area contributed by atoms with Crippen molar-refractivity contribution in [2.24, 2.45) is 5.41 Å². The molecular formula is C20H32N2O3S. The van der Waals surface area contributed by atoms with Gasteiger partial charge in [0.05, 0.1) is 41.2 Å². The molecule has 3 aliphatic rings. The molecule has 146 valence electrons. The van der Waals surface area contributed by atoms with Gasteiger partial charge in [-0.2, -0.15) is 0 Å². The summed E-state index contributed by atoms with van der Waals surface area (Å²) in [6, 6.07) is 0. The number of piperidine rings is 1. The Hall–Kier alpha value is -0.530. The summed E-state index contributed by atoms with van der Waals surface area (Å²) in [5.74, 6) is 0. The normalized spacial score (nSPS) is 37.2. The molecule has 1 aromatic rings. The smallest absolute Gasteiger partial charge is 0.0924 e. The van der Waals surface area contributed by atoms with E-state index in [4.69, 9.17) is 9.47 Å². The molecule has 3 saturated heterocycles. The predicted molar refractivity (Wildman–Crippen MR) is 102 cm³/mol. The molecule has 0 aliphatic carbocycles. The van der Waals surface area contributed by atoms with E-state index in [-0.39, 0.29) is 17.8 Å². The second-order valence-corrected chi connectivity index (χ2v) is 10.1. The first-order chi connectivity index (χ1) is 12.3. The molecule has 0 radical (unpaired) electrons. The molecule has 0 bridgehead atoms. The van der Waals surface area contributed by atoms with Gasteiger partial charge in [0.15, 0.2) is 0 Å². The minimum atomic E-state index is -0.497. The van der Waals surface area contributed by atoms with E-state index >= 15 is 0 Å². The van der Waals surface area contributed by atoms with Crippen molar-refractivity contribution in [1.82, 2.24) is 9.88 Å². The maximum absolute atomic E-state index is 10.2. The van der Waals surface area contributed by atoms with Crippen LogP contribution in [0.5, 0.6) is 0 Å². The van der Waals surface area contributed by atoms with Crippen molar-refractivity contribution in [1.29, 1.82) is 0 Å². The first-order valence-electron chi connectivity index (χ1n) is 9.90. The Labute approximate surface area is 160 Å². The van der Waals surface area contributed by atoms with E-state index < -0.39 is 5.60 Å². The van der Waals surface area contributed by atoms with Crippen LogP contribution in [-0.2, 0) is 16.0 Å². The second kappa shape index (κ2) is 6.82. The summed E-state index contributed by atoms with van der Waals surface area (Å²) in [4.78, 5) is 6.94. The molecule has 1 spiro atoms. The van der Waals surface area contributed by atoms with Crippen LogP contribution in [0.4, 0.5) is 0 Å². The van der Waals surface area contributed by atoms with Crippen LogP contribution in [0.2, 0.25) is 0 Å². The van der Waals surface area contributed by atoms with Crippen LogP contribution in [0.1, 0.15) is 58.6 Å². The fourth-order valence-corrected chi connectivity index (χ4v) is 5.53. The van der Waals surface area contributed by atoms with Gasteiger partial charge < -0.3 is 14.6 Å². The SMILES string of the molecule is CC1(C)O[C@@](C)([C@H]2CC3(CCN(Cc4cscn4)CC3)CO2)CC[C@@H]1O. The maximum Gasteiger partial charge on any atom is 0.0924 e. The molecule has 3 fully saturated rings. The van der Waals surface area contributed by atoms with Gasteiger partial charge in [-0.05, 0) is 71.4 Å². The standard InChI is InChI=1S/C20H32N2O3S/c1-18(2)16(23)4-5-19(3,25-18)17-10-20(13-24-17)6-8-22(9-7-20)11-15-12-26-14-21-15/h12,14,16-17,23H,4-11,13H2,1-3H3/t16-,17+,19+/m0/s1. The number of thiazole rings is 1. The number of hydrogen-bond donors (Lipinski definition) is 1. The quantitative estimate of drug-likeness (QED) is 0.873. The van der Waals surface area contributed by atoms with E-state index in [1.165, 1.54) is 18.5 Å². The number of aromatic nitrogens is 1. The first kappa shape index (κ1) is 18.8. The highest BCUT2D eigenvalue weighted by molar-refractivity contribution is 7.07. The Bertz CT molecular complexity index is 613. The number of likely N-dealkylation sites (tertiary alicyclic amines) is 1. The minimum Gasteiger partial charge on any atom is -0.390 e. The molecular weight excluding hydrogens is 348 g/mol. The Morgan fingerprint density at radius 2 is 2.04 bits per heavy atom.